The Bertz CT molecular complexity index is 783. The lowest BCUT2D eigenvalue weighted by Gasteiger charge is -2.25. The Morgan fingerprint density at radius 3 is 1.76 bits per heavy atom. The van der Waals surface area contributed by atoms with Crippen molar-refractivity contribution < 1.29 is 24.2 Å². The van der Waals surface area contributed by atoms with E-state index in [1.54, 1.807) is 18.2 Å². The van der Waals surface area contributed by atoms with Crippen molar-refractivity contribution in [2.24, 2.45) is 10.8 Å². The number of hydrogen-bond donors (Lipinski definition) is 2. The summed E-state index contributed by atoms with van der Waals surface area (Å²) in [4.78, 5) is 25.6. The van der Waals surface area contributed by atoms with Crippen molar-refractivity contribution in [3.8, 4) is 11.5 Å². The average molecular weight is 486 g/mol. The third-order valence-electron chi connectivity index (χ3n) is 5.44. The van der Waals surface area contributed by atoms with Crippen LogP contribution in [0.3, 0.4) is 0 Å². The van der Waals surface area contributed by atoms with Gasteiger partial charge in [-0.25, -0.2) is 0 Å². The van der Waals surface area contributed by atoms with E-state index in [2.05, 4.69) is 5.32 Å². The molecule has 0 aromatic heterocycles. The van der Waals surface area contributed by atoms with E-state index >= 15 is 0 Å². The highest BCUT2D eigenvalue weighted by molar-refractivity contribution is 5.85. The molecule has 0 heterocycles. The van der Waals surface area contributed by atoms with Crippen molar-refractivity contribution in [3.63, 3.8) is 0 Å². The van der Waals surface area contributed by atoms with Crippen LogP contribution in [0.1, 0.15) is 99.7 Å². The highest BCUT2D eigenvalue weighted by atomic mass is 35.5. The molecule has 0 bridgehead atoms. The van der Waals surface area contributed by atoms with Crippen LogP contribution in [-0.2, 0) is 9.59 Å². The van der Waals surface area contributed by atoms with Crippen LogP contribution in [0.15, 0.2) is 18.2 Å². The molecule has 2 N–H and O–H groups in total. The standard InChI is InChI=1S/C26H43NO5.ClH/c1-10-14-25(6,7)22(29)31-20-13-12-18(19(28)17-27-24(3,4)5)16-21(20)32-23(30)26(8,9)15-11-2;/h12-13,16,19,27-28H,10-11,14-15,17H2,1-9H3;1H. The molecule has 0 saturated heterocycles. The van der Waals surface area contributed by atoms with E-state index in [0.717, 1.165) is 12.8 Å². The van der Waals surface area contributed by atoms with Crippen molar-refractivity contribution >= 4 is 24.3 Å². The number of carbonyl (C=O) groups is 2. The SMILES string of the molecule is CCCC(C)(C)C(=O)Oc1ccc(C(O)CNC(C)(C)C)cc1OC(=O)C(C)(C)CCC.Cl. The largest absolute Gasteiger partial charge is 0.422 e. The van der Waals surface area contributed by atoms with Gasteiger partial charge in [-0.3, -0.25) is 9.59 Å². The third kappa shape index (κ3) is 10.0. The van der Waals surface area contributed by atoms with Crippen molar-refractivity contribution in [3.05, 3.63) is 23.8 Å². The molecule has 0 amide bonds. The molecule has 0 aliphatic heterocycles. The Hall–Kier alpha value is -1.63. The van der Waals surface area contributed by atoms with Gasteiger partial charge in [0.25, 0.3) is 0 Å². The van der Waals surface area contributed by atoms with Gasteiger partial charge in [-0.1, -0.05) is 32.8 Å². The normalized spacial score (nSPS) is 13.2. The Morgan fingerprint density at radius 1 is 0.879 bits per heavy atom. The third-order valence-corrected chi connectivity index (χ3v) is 5.44. The predicted octanol–water partition coefficient (Wildman–Crippen LogP) is 5.99. The topological polar surface area (TPSA) is 84.9 Å². The van der Waals surface area contributed by atoms with Gasteiger partial charge in [0.05, 0.1) is 16.9 Å². The zero-order valence-corrected chi connectivity index (χ0v) is 22.6. The Morgan fingerprint density at radius 2 is 1.33 bits per heavy atom. The minimum atomic E-state index is -0.809. The van der Waals surface area contributed by atoms with E-state index < -0.39 is 22.9 Å². The van der Waals surface area contributed by atoms with Gasteiger partial charge < -0.3 is 19.9 Å². The molecule has 7 heteroatoms. The van der Waals surface area contributed by atoms with Crippen LogP contribution < -0.4 is 14.8 Å². The molecule has 1 unspecified atom stereocenters. The second kappa shape index (κ2) is 12.7. The molecule has 0 saturated carbocycles. The van der Waals surface area contributed by atoms with Crippen LogP contribution in [0.5, 0.6) is 11.5 Å². The smallest absolute Gasteiger partial charge is 0.317 e. The van der Waals surface area contributed by atoms with Crippen LogP contribution in [0, 0.1) is 10.8 Å². The first-order valence-corrected chi connectivity index (χ1v) is 11.6. The maximum Gasteiger partial charge on any atom is 0.317 e. The number of rotatable bonds is 11. The van der Waals surface area contributed by atoms with Gasteiger partial charge in [-0.2, -0.15) is 0 Å². The molecule has 0 spiro atoms. The van der Waals surface area contributed by atoms with Gasteiger partial charge in [-0.15, -0.1) is 12.4 Å². The van der Waals surface area contributed by atoms with Crippen molar-refractivity contribution in [1.29, 1.82) is 0 Å². The van der Waals surface area contributed by atoms with E-state index in [1.165, 1.54) is 0 Å². The number of esters is 2. The first-order chi connectivity index (χ1) is 14.6. The number of aliphatic hydroxyl groups is 1. The number of carbonyl (C=O) groups excluding carboxylic acids is 2. The number of nitrogens with one attached hydrogen (secondary N) is 1. The van der Waals surface area contributed by atoms with Gasteiger partial charge in [0, 0.05) is 12.1 Å². The van der Waals surface area contributed by atoms with Crippen LogP contribution in [0.2, 0.25) is 0 Å². The summed E-state index contributed by atoms with van der Waals surface area (Å²) in [6, 6.07) is 4.87. The van der Waals surface area contributed by atoms with Crippen molar-refractivity contribution in [1.82, 2.24) is 5.32 Å². The molecule has 1 aromatic rings. The second-order valence-corrected chi connectivity index (χ2v) is 10.9. The summed E-state index contributed by atoms with van der Waals surface area (Å²) >= 11 is 0. The van der Waals surface area contributed by atoms with Crippen LogP contribution >= 0.6 is 12.4 Å². The van der Waals surface area contributed by atoms with Gasteiger partial charge >= 0.3 is 11.9 Å². The lowest BCUT2D eigenvalue weighted by atomic mass is 9.88. The molecular weight excluding hydrogens is 442 g/mol. The van der Waals surface area contributed by atoms with Crippen molar-refractivity contribution in [2.45, 2.75) is 99.6 Å². The first kappa shape index (κ1) is 31.4. The summed E-state index contributed by atoms with van der Waals surface area (Å²) in [5, 5.41) is 13.9. The monoisotopic (exact) mass is 485 g/mol. The Kier molecular flexibility index (Phi) is 12.1. The predicted molar refractivity (Wildman–Crippen MR) is 135 cm³/mol. The molecule has 1 atom stereocenters. The molecule has 0 fully saturated rings. The van der Waals surface area contributed by atoms with Gasteiger partial charge in [0.1, 0.15) is 0 Å². The van der Waals surface area contributed by atoms with E-state index in [1.807, 2.05) is 62.3 Å². The number of benzene rings is 1. The first-order valence-electron chi connectivity index (χ1n) is 11.6. The number of ether oxygens (including phenoxy) is 2. The lowest BCUT2D eigenvalue weighted by Crippen LogP contribution is -2.38. The Balaban J connectivity index is 0.0000102. The minimum absolute atomic E-state index is 0. The molecule has 6 nitrogen and oxygen atoms in total. The van der Waals surface area contributed by atoms with E-state index in [4.69, 9.17) is 9.47 Å². The van der Waals surface area contributed by atoms with Crippen LogP contribution in [0.4, 0.5) is 0 Å². The molecule has 33 heavy (non-hydrogen) atoms. The Labute approximate surface area is 206 Å². The fourth-order valence-electron chi connectivity index (χ4n) is 3.35. The fraction of sp³-hybridized carbons (Fsp3) is 0.692. The average Bonchev–Trinajstić information content (AvgIpc) is 2.66. The zero-order valence-electron chi connectivity index (χ0n) is 21.8. The summed E-state index contributed by atoms with van der Waals surface area (Å²) in [5.74, 6) is -0.456. The van der Waals surface area contributed by atoms with Crippen LogP contribution in [0.25, 0.3) is 0 Å². The highest BCUT2D eigenvalue weighted by Crippen LogP contribution is 2.35. The molecule has 0 aliphatic rings. The minimum Gasteiger partial charge on any atom is -0.422 e. The summed E-state index contributed by atoms with van der Waals surface area (Å²) in [5.41, 5.74) is -0.919. The number of hydrogen-bond acceptors (Lipinski definition) is 6. The van der Waals surface area contributed by atoms with Gasteiger partial charge in [0.2, 0.25) is 0 Å². The number of halogens is 1. The van der Waals surface area contributed by atoms with E-state index in [-0.39, 0.29) is 35.4 Å². The quantitative estimate of drug-likeness (QED) is 0.295. The lowest BCUT2D eigenvalue weighted by molar-refractivity contribution is -0.147. The fourth-order valence-corrected chi connectivity index (χ4v) is 3.35. The summed E-state index contributed by atoms with van der Waals surface area (Å²) in [6.07, 6.45) is 2.23. The van der Waals surface area contributed by atoms with E-state index in [9.17, 15) is 14.7 Å². The summed E-state index contributed by atoms with van der Waals surface area (Å²) < 4.78 is 11.4. The van der Waals surface area contributed by atoms with Crippen LogP contribution in [-0.4, -0.2) is 29.1 Å². The summed E-state index contributed by atoms with van der Waals surface area (Å²) in [7, 11) is 0. The molecule has 0 radical (unpaired) electrons. The van der Waals surface area contributed by atoms with Gasteiger partial charge in [-0.05, 0) is 79.0 Å². The molecule has 1 rings (SSSR count). The molecule has 190 valence electrons. The number of aliphatic hydroxyl groups excluding tert-OH is 1. The maximum absolute atomic E-state index is 12.9. The van der Waals surface area contributed by atoms with E-state index in [0.29, 0.717) is 24.9 Å². The summed E-state index contributed by atoms with van der Waals surface area (Å²) in [6.45, 7) is 17.8. The maximum atomic E-state index is 12.9. The number of β-amino-alcohol motifs (C(OH)–C–C–N with tert-alkyl or cyclic N) is 1. The van der Waals surface area contributed by atoms with Gasteiger partial charge in [0.15, 0.2) is 11.5 Å². The molecule has 0 aliphatic carbocycles. The highest BCUT2D eigenvalue weighted by Gasteiger charge is 2.32. The molecular formula is C26H44ClNO5. The zero-order chi connectivity index (χ0) is 24.7. The molecule has 1 aromatic carbocycles. The second-order valence-electron chi connectivity index (χ2n) is 10.9. The van der Waals surface area contributed by atoms with Crippen molar-refractivity contribution in [2.75, 3.05) is 6.54 Å².